The monoisotopic (exact) mass is 269 g/mol. The summed E-state index contributed by atoms with van der Waals surface area (Å²) in [6.45, 7) is 2.22. The minimum atomic E-state index is -0.310. The van der Waals surface area contributed by atoms with Crippen LogP contribution in [0, 0.1) is 18.3 Å². The van der Waals surface area contributed by atoms with Gasteiger partial charge in [0, 0.05) is 19.7 Å². The van der Waals surface area contributed by atoms with Gasteiger partial charge in [-0.1, -0.05) is 12.1 Å². The number of rotatable bonds is 3. The average molecular weight is 269 g/mol. The van der Waals surface area contributed by atoms with Crippen LogP contribution in [0.2, 0.25) is 0 Å². The summed E-state index contributed by atoms with van der Waals surface area (Å²) in [4.78, 5) is 11.8. The van der Waals surface area contributed by atoms with Crippen molar-refractivity contribution in [3.63, 3.8) is 0 Å². The summed E-state index contributed by atoms with van der Waals surface area (Å²) in [7, 11) is 1.76. The van der Waals surface area contributed by atoms with Gasteiger partial charge in [0.1, 0.15) is 5.82 Å². The molecule has 2 rings (SSSR count). The number of carbonyl (C=O) groups excluding carboxylic acids is 1. The molecule has 0 bridgehead atoms. The van der Waals surface area contributed by atoms with Gasteiger partial charge >= 0.3 is 6.03 Å². The van der Waals surface area contributed by atoms with Crippen LogP contribution in [-0.4, -0.2) is 15.8 Å². The number of carbonyl (C=O) groups is 1. The summed E-state index contributed by atoms with van der Waals surface area (Å²) >= 11 is 0. The third kappa shape index (κ3) is 3.36. The molecule has 2 aromatic rings. The molecule has 0 aliphatic carbocycles. The zero-order chi connectivity index (χ0) is 14.5. The molecule has 0 aliphatic heterocycles. The Balaban J connectivity index is 1.92. The molecule has 6 heteroatoms. The first-order valence-electron chi connectivity index (χ1n) is 6.13. The van der Waals surface area contributed by atoms with Crippen LogP contribution >= 0.6 is 0 Å². The van der Waals surface area contributed by atoms with Crippen LogP contribution in [-0.2, 0) is 13.6 Å². The second kappa shape index (κ2) is 5.89. The molecule has 0 saturated carbocycles. The molecule has 0 saturated heterocycles. The number of nitrogens with zero attached hydrogens (tertiary/aromatic N) is 3. The smallest absolute Gasteiger partial charge is 0.320 e. The largest absolute Gasteiger partial charge is 0.334 e. The highest BCUT2D eigenvalue weighted by molar-refractivity contribution is 5.88. The van der Waals surface area contributed by atoms with Gasteiger partial charge in [0.25, 0.3) is 0 Å². The molecule has 20 heavy (non-hydrogen) atoms. The molecule has 0 unspecified atom stereocenters. The molecule has 0 atom stereocenters. The van der Waals surface area contributed by atoms with Gasteiger partial charge < -0.3 is 5.32 Å². The molecule has 1 aromatic heterocycles. The summed E-state index contributed by atoms with van der Waals surface area (Å²) in [5.41, 5.74) is 2.29. The normalized spacial score (nSPS) is 9.85. The SMILES string of the molecule is Cc1cc(NC(=O)NCc2cccc(C#N)c2)n(C)n1. The molecule has 1 aromatic carbocycles. The number of nitrogens with one attached hydrogen (secondary N) is 2. The topological polar surface area (TPSA) is 82.7 Å². The van der Waals surface area contributed by atoms with E-state index in [0.29, 0.717) is 17.9 Å². The molecule has 6 nitrogen and oxygen atoms in total. The Labute approximate surface area is 117 Å². The van der Waals surface area contributed by atoms with E-state index >= 15 is 0 Å². The van der Waals surface area contributed by atoms with Crippen molar-refractivity contribution in [2.75, 3.05) is 5.32 Å². The summed E-state index contributed by atoms with van der Waals surface area (Å²) in [6, 6.07) is 10.7. The van der Waals surface area contributed by atoms with Crippen LogP contribution in [0.5, 0.6) is 0 Å². The first-order chi connectivity index (χ1) is 9.58. The van der Waals surface area contributed by atoms with E-state index < -0.39 is 0 Å². The van der Waals surface area contributed by atoms with Gasteiger partial charge in [0.15, 0.2) is 0 Å². The van der Waals surface area contributed by atoms with Crippen molar-refractivity contribution in [2.45, 2.75) is 13.5 Å². The van der Waals surface area contributed by atoms with Gasteiger partial charge in [0.05, 0.1) is 17.3 Å². The molecule has 0 spiro atoms. The van der Waals surface area contributed by atoms with Gasteiger partial charge in [-0.2, -0.15) is 10.4 Å². The van der Waals surface area contributed by atoms with E-state index in [4.69, 9.17) is 5.26 Å². The van der Waals surface area contributed by atoms with E-state index in [1.165, 1.54) is 0 Å². The Morgan fingerprint density at radius 2 is 2.25 bits per heavy atom. The number of benzene rings is 1. The van der Waals surface area contributed by atoms with Crippen LogP contribution in [0.1, 0.15) is 16.8 Å². The van der Waals surface area contributed by atoms with E-state index in [1.807, 2.05) is 13.0 Å². The highest BCUT2D eigenvalue weighted by atomic mass is 16.2. The molecular weight excluding hydrogens is 254 g/mol. The highest BCUT2D eigenvalue weighted by Gasteiger charge is 2.06. The number of hydrogen-bond donors (Lipinski definition) is 2. The predicted molar refractivity (Wildman–Crippen MR) is 75.0 cm³/mol. The Kier molecular flexibility index (Phi) is 4.01. The fourth-order valence-corrected chi connectivity index (χ4v) is 1.82. The van der Waals surface area contributed by atoms with Gasteiger partial charge in [-0.05, 0) is 24.6 Å². The minimum absolute atomic E-state index is 0.310. The fourth-order valence-electron chi connectivity index (χ4n) is 1.82. The molecular formula is C14H15N5O. The lowest BCUT2D eigenvalue weighted by molar-refractivity contribution is 0.251. The van der Waals surface area contributed by atoms with Crippen molar-refractivity contribution < 1.29 is 4.79 Å². The fraction of sp³-hybridized carbons (Fsp3) is 0.214. The third-order valence-electron chi connectivity index (χ3n) is 2.75. The van der Waals surface area contributed by atoms with Crippen molar-refractivity contribution in [1.82, 2.24) is 15.1 Å². The maximum atomic E-state index is 11.8. The number of nitriles is 1. The standard InChI is InChI=1S/C14H15N5O/c1-10-6-13(19(2)18-10)17-14(20)16-9-12-5-3-4-11(7-12)8-15/h3-7H,9H2,1-2H3,(H2,16,17,20). The zero-order valence-electron chi connectivity index (χ0n) is 11.3. The first kappa shape index (κ1) is 13.6. The molecule has 0 aliphatic rings. The molecule has 1 heterocycles. The van der Waals surface area contributed by atoms with E-state index in [0.717, 1.165) is 11.3 Å². The summed E-state index contributed by atoms with van der Waals surface area (Å²) in [5, 5.41) is 18.4. The maximum Gasteiger partial charge on any atom is 0.320 e. The summed E-state index contributed by atoms with van der Waals surface area (Å²) in [5.74, 6) is 0.630. The van der Waals surface area contributed by atoms with Gasteiger partial charge in [-0.25, -0.2) is 4.79 Å². The highest BCUT2D eigenvalue weighted by Crippen LogP contribution is 2.08. The van der Waals surface area contributed by atoms with E-state index in [9.17, 15) is 4.79 Å². The average Bonchev–Trinajstić information content (AvgIpc) is 2.75. The van der Waals surface area contributed by atoms with Crippen molar-refractivity contribution in [3.8, 4) is 6.07 Å². The molecule has 2 amide bonds. The summed E-state index contributed by atoms with van der Waals surface area (Å²) < 4.78 is 1.60. The number of aryl methyl sites for hydroxylation is 2. The van der Waals surface area contributed by atoms with Crippen LogP contribution in [0.3, 0.4) is 0 Å². The quantitative estimate of drug-likeness (QED) is 0.893. The van der Waals surface area contributed by atoms with E-state index in [1.54, 1.807) is 36.0 Å². The molecule has 0 fully saturated rings. The van der Waals surface area contributed by atoms with Gasteiger partial charge in [-0.3, -0.25) is 10.00 Å². The van der Waals surface area contributed by atoms with Gasteiger partial charge in [0.2, 0.25) is 0 Å². The molecule has 102 valence electrons. The Morgan fingerprint density at radius 3 is 2.90 bits per heavy atom. The second-order valence-corrected chi connectivity index (χ2v) is 4.41. The Hall–Kier alpha value is -2.81. The van der Waals surface area contributed by atoms with E-state index in [-0.39, 0.29) is 6.03 Å². The van der Waals surface area contributed by atoms with Crippen LogP contribution < -0.4 is 10.6 Å². The minimum Gasteiger partial charge on any atom is -0.334 e. The van der Waals surface area contributed by atoms with Gasteiger partial charge in [-0.15, -0.1) is 0 Å². The van der Waals surface area contributed by atoms with Crippen LogP contribution in [0.25, 0.3) is 0 Å². The lowest BCUT2D eigenvalue weighted by atomic mass is 10.1. The first-order valence-corrected chi connectivity index (χ1v) is 6.13. The number of urea groups is 1. The second-order valence-electron chi connectivity index (χ2n) is 4.41. The maximum absolute atomic E-state index is 11.8. The molecule has 2 N–H and O–H groups in total. The van der Waals surface area contributed by atoms with Crippen LogP contribution in [0.15, 0.2) is 30.3 Å². The molecule has 0 radical (unpaired) electrons. The lowest BCUT2D eigenvalue weighted by Gasteiger charge is -2.07. The van der Waals surface area contributed by atoms with Crippen LogP contribution in [0.4, 0.5) is 10.6 Å². The van der Waals surface area contributed by atoms with E-state index in [2.05, 4.69) is 21.8 Å². The Morgan fingerprint density at radius 1 is 1.45 bits per heavy atom. The zero-order valence-corrected chi connectivity index (χ0v) is 11.3. The van der Waals surface area contributed by atoms with Crippen molar-refractivity contribution in [1.29, 1.82) is 5.26 Å². The number of anilines is 1. The number of hydrogen-bond acceptors (Lipinski definition) is 3. The van der Waals surface area contributed by atoms with Crippen molar-refractivity contribution in [3.05, 3.63) is 47.2 Å². The lowest BCUT2D eigenvalue weighted by Crippen LogP contribution is -2.29. The van der Waals surface area contributed by atoms with Crippen molar-refractivity contribution >= 4 is 11.8 Å². The third-order valence-corrected chi connectivity index (χ3v) is 2.75. The number of aromatic nitrogens is 2. The Bertz CT molecular complexity index is 668. The predicted octanol–water partition coefficient (Wildman–Crippen LogP) is 1.92. The summed E-state index contributed by atoms with van der Waals surface area (Å²) in [6.07, 6.45) is 0. The van der Waals surface area contributed by atoms with Crippen molar-refractivity contribution in [2.24, 2.45) is 7.05 Å². The number of amides is 2.